The van der Waals surface area contributed by atoms with Gasteiger partial charge in [-0.1, -0.05) is 0 Å². The molecule has 0 saturated heterocycles. The molecule has 0 saturated carbocycles. The Morgan fingerprint density at radius 1 is 1.90 bits per heavy atom. The third-order valence-electron chi connectivity index (χ3n) is 1.00. The first-order valence-corrected chi connectivity index (χ1v) is 2.63. The molecule has 1 heterocycles. The fourth-order valence-corrected chi connectivity index (χ4v) is 0.550. The van der Waals surface area contributed by atoms with E-state index in [1.165, 1.54) is 13.3 Å². The third kappa shape index (κ3) is 1.15. The van der Waals surface area contributed by atoms with Crippen molar-refractivity contribution in [3.63, 3.8) is 0 Å². The van der Waals surface area contributed by atoms with E-state index >= 15 is 0 Å². The van der Waals surface area contributed by atoms with Crippen LogP contribution in [0.1, 0.15) is 16.3 Å². The zero-order valence-electron chi connectivity index (χ0n) is 5.42. The van der Waals surface area contributed by atoms with Crippen LogP contribution >= 0.6 is 0 Å². The zero-order chi connectivity index (χ0) is 7.56. The molecule has 4 heteroatoms. The molecule has 0 aliphatic heterocycles. The lowest BCUT2D eigenvalue weighted by molar-refractivity contribution is 0.0594. The van der Waals surface area contributed by atoms with Gasteiger partial charge in [-0.2, -0.15) is 0 Å². The van der Waals surface area contributed by atoms with Crippen LogP contribution in [0.25, 0.3) is 0 Å². The maximum atomic E-state index is 10.7. The summed E-state index contributed by atoms with van der Waals surface area (Å²) < 4.78 is 4.38. The minimum atomic E-state index is -0.468. The van der Waals surface area contributed by atoms with E-state index in [0.717, 1.165) is 0 Å². The molecule has 1 aromatic rings. The average molecular weight is 138 g/mol. The molecule has 0 aliphatic carbocycles. The van der Waals surface area contributed by atoms with Crippen molar-refractivity contribution in [1.82, 2.24) is 9.97 Å². The number of aromatic nitrogens is 2. The number of rotatable bonds is 1. The van der Waals surface area contributed by atoms with Crippen LogP contribution in [0, 0.1) is 6.92 Å². The predicted octanol–water partition coefficient (Wildman–Crippen LogP) is 0.255. The van der Waals surface area contributed by atoms with Gasteiger partial charge in [0.05, 0.1) is 13.3 Å². The van der Waals surface area contributed by atoms with E-state index in [2.05, 4.69) is 14.7 Å². The Morgan fingerprint density at radius 3 is 3.00 bits per heavy atom. The molecule has 0 bridgehead atoms. The largest absolute Gasteiger partial charge is 0.464 e. The molecule has 0 fully saturated rings. The lowest BCUT2D eigenvalue weighted by Gasteiger charge is -1.90. The number of nitrogens with zero attached hydrogens (tertiary/aromatic N) is 1. The van der Waals surface area contributed by atoms with Crippen molar-refractivity contribution in [2.75, 3.05) is 7.11 Å². The number of carbonyl (C=O) groups excluding carboxylic acids is 1. The Hall–Kier alpha value is -1.32. The van der Waals surface area contributed by atoms with Crippen LogP contribution in [0.15, 0.2) is 6.20 Å². The number of imidazole rings is 1. The Balaban J connectivity index is 2.85. The van der Waals surface area contributed by atoms with Crippen molar-refractivity contribution in [2.45, 2.75) is 0 Å². The number of esters is 1. The average Bonchev–Trinajstić information content (AvgIpc) is 2.34. The van der Waals surface area contributed by atoms with E-state index in [1.54, 1.807) is 0 Å². The highest BCUT2D eigenvalue weighted by Gasteiger charge is 2.06. The number of H-pyrrole nitrogens is 1. The Labute approximate surface area is 58.2 Å². The first kappa shape index (κ1) is 6.80. The van der Waals surface area contributed by atoms with Gasteiger partial charge in [-0.05, 0) is 0 Å². The van der Waals surface area contributed by atoms with Gasteiger partial charge in [0.15, 0.2) is 0 Å². The van der Waals surface area contributed by atoms with Crippen molar-refractivity contribution in [2.24, 2.45) is 0 Å². The molecule has 1 aromatic heterocycles. The number of ether oxygens (including phenoxy) is 1. The minimum Gasteiger partial charge on any atom is -0.464 e. The summed E-state index contributed by atoms with van der Waals surface area (Å²) >= 11 is 0. The van der Waals surface area contributed by atoms with E-state index < -0.39 is 5.97 Å². The van der Waals surface area contributed by atoms with Crippen LogP contribution in [-0.2, 0) is 4.74 Å². The number of hydrogen-bond donors (Lipinski definition) is 1. The molecule has 0 aliphatic rings. The second-order valence-corrected chi connectivity index (χ2v) is 1.67. The summed E-state index contributed by atoms with van der Waals surface area (Å²) in [6.07, 6.45) is 1.32. The van der Waals surface area contributed by atoms with Gasteiger partial charge in [0.2, 0.25) is 0 Å². The minimum absolute atomic E-state index is 0.209. The van der Waals surface area contributed by atoms with Crippen molar-refractivity contribution >= 4 is 5.97 Å². The van der Waals surface area contributed by atoms with Gasteiger partial charge in [0, 0.05) is 6.92 Å². The molecule has 0 spiro atoms. The van der Waals surface area contributed by atoms with Crippen molar-refractivity contribution < 1.29 is 9.53 Å². The molecule has 1 N–H and O–H groups in total. The SMILES string of the molecule is [CH]c1ncc(C(=O)OC)[nH]1. The van der Waals surface area contributed by atoms with Crippen molar-refractivity contribution in [1.29, 1.82) is 0 Å². The van der Waals surface area contributed by atoms with Crippen LogP contribution in [0.3, 0.4) is 0 Å². The molecular weight excluding hydrogens is 132 g/mol. The fourth-order valence-electron chi connectivity index (χ4n) is 0.550. The van der Waals surface area contributed by atoms with Crippen LogP contribution < -0.4 is 0 Å². The maximum Gasteiger partial charge on any atom is 0.356 e. The Kier molecular flexibility index (Phi) is 1.71. The highest BCUT2D eigenvalue weighted by molar-refractivity contribution is 5.86. The van der Waals surface area contributed by atoms with Gasteiger partial charge in [0.1, 0.15) is 11.5 Å². The van der Waals surface area contributed by atoms with Crippen LogP contribution in [0.5, 0.6) is 0 Å². The zero-order valence-corrected chi connectivity index (χ0v) is 5.42. The van der Waals surface area contributed by atoms with Gasteiger partial charge in [-0.3, -0.25) is 0 Å². The van der Waals surface area contributed by atoms with Crippen LogP contribution in [-0.4, -0.2) is 23.0 Å². The summed E-state index contributed by atoms with van der Waals surface area (Å²) in [5, 5.41) is 0. The summed E-state index contributed by atoms with van der Waals surface area (Å²) in [6.45, 7) is 5.20. The Bertz CT molecular complexity index is 242. The first-order chi connectivity index (χ1) is 4.74. The second kappa shape index (κ2) is 2.51. The molecule has 0 atom stereocenters. The summed E-state index contributed by atoms with van der Waals surface area (Å²) in [6, 6.07) is 0. The molecule has 10 heavy (non-hydrogen) atoms. The molecule has 4 nitrogen and oxygen atoms in total. The maximum absolute atomic E-state index is 10.7. The van der Waals surface area contributed by atoms with Crippen LogP contribution in [0.2, 0.25) is 0 Å². The van der Waals surface area contributed by atoms with E-state index in [0.29, 0.717) is 0 Å². The molecule has 0 unspecified atom stereocenters. The topological polar surface area (TPSA) is 55.0 Å². The molecule has 0 aromatic carbocycles. The van der Waals surface area contributed by atoms with Gasteiger partial charge < -0.3 is 9.72 Å². The molecule has 52 valence electrons. The quantitative estimate of drug-likeness (QED) is 0.566. The molecule has 1 rings (SSSR count). The molecule has 2 radical (unpaired) electrons. The lowest BCUT2D eigenvalue weighted by Crippen LogP contribution is -2.00. The summed E-state index contributed by atoms with van der Waals surface area (Å²) in [4.78, 5) is 16.8. The van der Waals surface area contributed by atoms with Gasteiger partial charge in [-0.25, -0.2) is 9.78 Å². The highest BCUT2D eigenvalue weighted by Crippen LogP contribution is 1.96. The number of methoxy groups -OCH3 is 1. The second-order valence-electron chi connectivity index (χ2n) is 1.67. The fraction of sp³-hybridized carbons (Fsp3) is 0.167. The van der Waals surface area contributed by atoms with Crippen molar-refractivity contribution in [3.05, 3.63) is 24.6 Å². The van der Waals surface area contributed by atoms with Gasteiger partial charge in [0.25, 0.3) is 0 Å². The van der Waals surface area contributed by atoms with E-state index in [4.69, 9.17) is 6.92 Å². The van der Waals surface area contributed by atoms with E-state index in [-0.39, 0.29) is 11.5 Å². The van der Waals surface area contributed by atoms with Gasteiger partial charge >= 0.3 is 5.97 Å². The highest BCUT2D eigenvalue weighted by atomic mass is 16.5. The molecular formula is C6H6N2O2. The standard InChI is InChI=1S/C6H6N2O2/c1-4-7-3-5(8-4)6(9)10-2/h1,3H,2H3,(H,7,8). The van der Waals surface area contributed by atoms with E-state index in [9.17, 15) is 4.79 Å². The predicted molar refractivity (Wildman–Crippen MR) is 33.3 cm³/mol. The number of aromatic amines is 1. The Morgan fingerprint density at radius 2 is 2.60 bits per heavy atom. The summed E-state index contributed by atoms with van der Waals surface area (Å²) in [7, 11) is 1.29. The van der Waals surface area contributed by atoms with Crippen LogP contribution in [0.4, 0.5) is 0 Å². The number of nitrogens with one attached hydrogen (secondary N) is 1. The van der Waals surface area contributed by atoms with Crippen molar-refractivity contribution in [3.8, 4) is 0 Å². The lowest BCUT2D eigenvalue weighted by atomic mass is 10.5. The number of carbonyl (C=O) groups is 1. The monoisotopic (exact) mass is 138 g/mol. The normalized spacial score (nSPS) is 9.40. The summed E-state index contributed by atoms with van der Waals surface area (Å²) in [5.74, 6) is -0.260. The molecule has 0 amide bonds. The number of hydrogen-bond acceptors (Lipinski definition) is 3. The van der Waals surface area contributed by atoms with Gasteiger partial charge in [-0.15, -0.1) is 0 Å². The first-order valence-electron chi connectivity index (χ1n) is 2.63. The van der Waals surface area contributed by atoms with E-state index in [1.807, 2.05) is 0 Å². The smallest absolute Gasteiger partial charge is 0.356 e. The summed E-state index contributed by atoms with van der Waals surface area (Å²) in [5.41, 5.74) is 0.264. The third-order valence-corrected chi connectivity index (χ3v) is 1.00.